The van der Waals surface area contributed by atoms with E-state index in [9.17, 15) is 4.79 Å². The Morgan fingerprint density at radius 1 is 0.714 bits per heavy atom. The molecule has 0 bridgehead atoms. The Morgan fingerprint density at radius 2 is 1.06 bits per heavy atom. The van der Waals surface area contributed by atoms with E-state index in [0.29, 0.717) is 11.3 Å². The number of esters is 1. The minimum atomic E-state index is -0.407. The van der Waals surface area contributed by atoms with E-state index < -0.39 is 5.60 Å². The highest BCUT2D eigenvalue weighted by Crippen LogP contribution is 2.10. The van der Waals surface area contributed by atoms with Crippen molar-refractivity contribution in [3.63, 3.8) is 0 Å². The summed E-state index contributed by atoms with van der Waals surface area (Å²) in [7, 11) is 0. The molecule has 0 spiro atoms. The molecule has 0 aliphatic carbocycles. The lowest BCUT2D eigenvalue weighted by Crippen LogP contribution is -2.23. The number of phenols is 1. The summed E-state index contributed by atoms with van der Waals surface area (Å²) in [6, 6.07) is 26.9. The van der Waals surface area contributed by atoms with Gasteiger partial charge in [-0.1, -0.05) is 117 Å². The Kier molecular flexibility index (Phi) is 15.3. The molecule has 35 heavy (non-hydrogen) atoms. The number of phenolic OH excluding ortho intramolecular Hbond substituents is 1. The van der Waals surface area contributed by atoms with Gasteiger partial charge in [0.1, 0.15) is 11.4 Å². The molecule has 0 saturated carbocycles. The fourth-order valence-electron chi connectivity index (χ4n) is 2.15. The molecule has 0 unspecified atom stereocenters. The molecule has 0 heterocycles. The third kappa shape index (κ3) is 17.1. The first-order valence-corrected chi connectivity index (χ1v) is 11.2. The number of carbonyl (C=O) groups excluding carboxylic acids is 1. The van der Waals surface area contributed by atoms with Crippen LogP contribution in [0.2, 0.25) is 0 Å². The molecule has 3 aromatic carbocycles. The van der Waals surface area contributed by atoms with Gasteiger partial charge in [-0.15, -0.1) is 0 Å². The molecule has 3 heteroatoms. The average molecular weight is 471 g/mol. The first-order chi connectivity index (χ1) is 16.5. The molecular weight excluding hydrogens is 432 g/mol. The summed E-state index contributed by atoms with van der Waals surface area (Å²) in [6.45, 7) is 21.4. The third-order valence-corrected chi connectivity index (χ3v) is 3.95. The predicted molar refractivity (Wildman–Crippen MR) is 152 cm³/mol. The van der Waals surface area contributed by atoms with Crippen LogP contribution in [-0.4, -0.2) is 16.7 Å². The molecule has 0 aromatic heterocycles. The highest BCUT2D eigenvalue weighted by molar-refractivity contribution is 5.87. The second-order valence-electron chi connectivity index (χ2n) is 8.31. The molecule has 3 aromatic rings. The standard InChI is InChI=1S/C8H14O2.C8H8O.2C8H8/c1-6(2)7(9)10-8(3,4)5;1-2-7-3-5-8(9)6-4-7;2*1-2-8-6-4-3-5-7-8/h1H2,2-5H3;2-6,9H,1H2;2*2-7H,1H2. The van der Waals surface area contributed by atoms with Crippen molar-refractivity contribution in [3.8, 4) is 5.75 Å². The van der Waals surface area contributed by atoms with Crippen LogP contribution in [0.4, 0.5) is 0 Å². The van der Waals surface area contributed by atoms with Crippen molar-refractivity contribution in [2.75, 3.05) is 0 Å². The van der Waals surface area contributed by atoms with Gasteiger partial charge in [-0.3, -0.25) is 0 Å². The number of rotatable bonds is 4. The predicted octanol–water partition coefficient (Wildman–Crippen LogP) is 8.60. The van der Waals surface area contributed by atoms with Crippen LogP contribution in [0, 0.1) is 0 Å². The fraction of sp³-hybridized carbons (Fsp3) is 0.156. The Bertz CT molecular complexity index is 982. The summed E-state index contributed by atoms with van der Waals surface area (Å²) >= 11 is 0. The van der Waals surface area contributed by atoms with Gasteiger partial charge in [-0.05, 0) is 56.5 Å². The molecule has 1 N–H and O–H groups in total. The topological polar surface area (TPSA) is 46.5 Å². The number of benzene rings is 3. The smallest absolute Gasteiger partial charge is 0.333 e. The van der Waals surface area contributed by atoms with Crippen molar-refractivity contribution in [1.29, 1.82) is 0 Å². The van der Waals surface area contributed by atoms with Crippen molar-refractivity contribution < 1.29 is 14.6 Å². The number of hydrogen-bond acceptors (Lipinski definition) is 3. The van der Waals surface area contributed by atoms with Gasteiger partial charge in [0.25, 0.3) is 0 Å². The van der Waals surface area contributed by atoms with Crippen molar-refractivity contribution >= 4 is 24.2 Å². The Balaban J connectivity index is 0.000000442. The zero-order valence-corrected chi connectivity index (χ0v) is 21.4. The Hall–Kier alpha value is -4.11. The van der Waals surface area contributed by atoms with Gasteiger partial charge in [0.15, 0.2) is 0 Å². The maximum Gasteiger partial charge on any atom is 0.333 e. The average Bonchev–Trinajstić information content (AvgIpc) is 2.85. The molecule has 0 saturated heterocycles. The Labute approximate surface area is 211 Å². The molecule has 0 aliphatic rings. The molecule has 0 radical (unpaired) electrons. The minimum Gasteiger partial charge on any atom is -0.508 e. The SMILES string of the molecule is C=C(C)C(=O)OC(C)(C)C.C=Cc1ccc(O)cc1.C=Cc1ccccc1.C=Cc1ccccc1. The van der Waals surface area contributed by atoms with E-state index in [0.717, 1.165) is 5.56 Å². The van der Waals surface area contributed by atoms with Crippen LogP contribution >= 0.6 is 0 Å². The van der Waals surface area contributed by atoms with E-state index in [2.05, 4.69) is 26.3 Å². The van der Waals surface area contributed by atoms with Gasteiger partial charge in [0, 0.05) is 5.57 Å². The summed E-state index contributed by atoms with van der Waals surface area (Å²) in [5.41, 5.74) is 3.40. The summed E-state index contributed by atoms with van der Waals surface area (Å²) in [5.74, 6) is -0.0342. The van der Waals surface area contributed by atoms with Crippen LogP contribution in [0.1, 0.15) is 44.4 Å². The van der Waals surface area contributed by atoms with Crippen LogP contribution in [0.5, 0.6) is 5.75 Å². The van der Waals surface area contributed by atoms with E-state index in [1.165, 1.54) is 11.1 Å². The molecule has 0 atom stereocenters. The van der Waals surface area contributed by atoms with Crippen LogP contribution < -0.4 is 0 Å². The van der Waals surface area contributed by atoms with E-state index in [1.54, 1.807) is 25.1 Å². The zero-order valence-electron chi connectivity index (χ0n) is 21.4. The zero-order chi connectivity index (χ0) is 26.7. The van der Waals surface area contributed by atoms with Gasteiger partial charge in [-0.25, -0.2) is 4.79 Å². The van der Waals surface area contributed by atoms with Crippen LogP contribution in [0.15, 0.2) is 117 Å². The highest BCUT2D eigenvalue weighted by atomic mass is 16.6. The number of hydrogen-bond donors (Lipinski definition) is 1. The van der Waals surface area contributed by atoms with Gasteiger partial charge in [0.2, 0.25) is 0 Å². The fourth-order valence-corrected chi connectivity index (χ4v) is 2.15. The normalized spacial score (nSPS) is 9.26. The van der Waals surface area contributed by atoms with Crippen LogP contribution in [0.3, 0.4) is 0 Å². The van der Waals surface area contributed by atoms with Gasteiger partial charge in [-0.2, -0.15) is 0 Å². The summed E-state index contributed by atoms with van der Waals surface area (Å²) < 4.78 is 4.96. The molecule has 3 rings (SSSR count). The van der Waals surface area contributed by atoms with Crippen molar-refractivity contribution in [2.45, 2.75) is 33.3 Å². The van der Waals surface area contributed by atoms with Gasteiger partial charge < -0.3 is 9.84 Å². The van der Waals surface area contributed by atoms with Crippen LogP contribution in [-0.2, 0) is 9.53 Å². The minimum absolute atomic E-state index is 0.292. The van der Waals surface area contributed by atoms with Crippen molar-refractivity contribution in [2.24, 2.45) is 0 Å². The van der Waals surface area contributed by atoms with E-state index in [-0.39, 0.29) is 5.97 Å². The summed E-state index contributed by atoms with van der Waals surface area (Å²) in [6.07, 6.45) is 5.40. The van der Waals surface area contributed by atoms with E-state index >= 15 is 0 Å². The van der Waals surface area contributed by atoms with E-state index in [4.69, 9.17) is 9.84 Å². The first-order valence-electron chi connectivity index (χ1n) is 11.2. The second-order valence-corrected chi connectivity index (χ2v) is 8.31. The largest absolute Gasteiger partial charge is 0.508 e. The van der Waals surface area contributed by atoms with E-state index in [1.807, 2.05) is 106 Å². The molecule has 0 amide bonds. The molecule has 0 aliphatic heterocycles. The van der Waals surface area contributed by atoms with Gasteiger partial charge >= 0.3 is 5.97 Å². The lowest BCUT2D eigenvalue weighted by Gasteiger charge is -2.19. The molecule has 184 valence electrons. The Morgan fingerprint density at radius 3 is 1.29 bits per heavy atom. The van der Waals surface area contributed by atoms with Crippen LogP contribution in [0.25, 0.3) is 18.2 Å². The number of carbonyl (C=O) groups is 1. The molecule has 0 fully saturated rings. The van der Waals surface area contributed by atoms with Gasteiger partial charge in [0.05, 0.1) is 0 Å². The highest BCUT2D eigenvalue weighted by Gasteiger charge is 2.15. The maximum absolute atomic E-state index is 10.8. The summed E-state index contributed by atoms with van der Waals surface area (Å²) in [5, 5.41) is 8.82. The van der Waals surface area contributed by atoms with Crippen molar-refractivity contribution in [1.82, 2.24) is 0 Å². The van der Waals surface area contributed by atoms with Crippen molar-refractivity contribution in [3.05, 3.63) is 134 Å². The lowest BCUT2D eigenvalue weighted by molar-refractivity contribution is -0.149. The maximum atomic E-state index is 10.8. The first kappa shape index (κ1) is 30.9. The molecule has 3 nitrogen and oxygen atoms in total. The number of aromatic hydroxyl groups is 1. The lowest BCUT2D eigenvalue weighted by atomic mass is 10.2. The second kappa shape index (κ2) is 17.4. The quantitative estimate of drug-likeness (QED) is 0.307. The summed E-state index contributed by atoms with van der Waals surface area (Å²) in [4.78, 5) is 10.8. The third-order valence-electron chi connectivity index (χ3n) is 3.95. The molecular formula is C32H38O3. The monoisotopic (exact) mass is 470 g/mol. The number of ether oxygens (including phenoxy) is 1.